The average molecular weight is 603 g/mol. The van der Waals surface area contributed by atoms with Gasteiger partial charge >= 0.3 is 0 Å². The topological polar surface area (TPSA) is 124 Å². The standard InChI is InChI=1S/C27H30ClF3N2O6S/c1-13(34)11-33(15(3)35)12-27(37)19-9-18(10-20(27)14(19)2)40(38,39)24-6-16(4-5-21(24)28)26(36)32-17-7-22(29)25(31)23(30)8-17/h4-8,13-14,18-20,34,37H,9-12H2,1-3H3,(H,32,36)/t13-,14-,18+,19?,20?,27+/m1/s1. The first-order valence-corrected chi connectivity index (χ1v) is 14.6. The molecule has 0 spiro atoms. The van der Waals surface area contributed by atoms with Crippen molar-refractivity contribution in [1.82, 2.24) is 4.90 Å². The predicted molar refractivity (Wildman–Crippen MR) is 141 cm³/mol. The number of benzene rings is 2. The van der Waals surface area contributed by atoms with Crippen molar-refractivity contribution < 1.29 is 41.4 Å². The van der Waals surface area contributed by atoms with Gasteiger partial charge in [-0.25, -0.2) is 21.6 Å². The number of anilines is 1. The highest BCUT2D eigenvalue weighted by Crippen LogP contribution is 2.59. The summed E-state index contributed by atoms with van der Waals surface area (Å²) in [5.74, 6) is -6.78. The fourth-order valence-corrected chi connectivity index (χ4v) is 8.49. The molecule has 2 aromatic rings. The number of hydrogen-bond donors (Lipinski definition) is 3. The van der Waals surface area contributed by atoms with E-state index in [1.807, 2.05) is 6.92 Å². The lowest BCUT2D eigenvalue weighted by Crippen LogP contribution is -2.71. The molecule has 2 amide bonds. The monoisotopic (exact) mass is 602 g/mol. The summed E-state index contributed by atoms with van der Waals surface area (Å²) in [5, 5.41) is 22.4. The fraction of sp³-hybridized carbons (Fsp3) is 0.481. The van der Waals surface area contributed by atoms with Crippen LogP contribution in [0.3, 0.4) is 0 Å². The van der Waals surface area contributed by atoms with Gasteiger partial charge in [-0.05, 0) is 55.7 Å². The Kier molecular flexibility index (Phi) is 8.30. The van der Waals surface area contributed by atoms with Crippen molar-refractivity contribution in [3.8, 4) is 0 Å². The number of carbonyl (C=O) groups is 2. The highest BCUT2D eigenvalue weighted by atomic mass is 35.5. The zero-order valence-corrected chi connectivity index (χ0v) is 23.6. The van der Waals surface area contributed by atoms with E-state index in [-0.39, 0.29) is 58.9 Å². The highest BCUT2D eigenvalue weighted by Gasteiger charge is 2.64. The Morgan fingerprint density at radius 3 is 2.25 bits per heavy atom. The number of rotatable bonds is 8. The summed E-state index contributed by atoms with van der Waals surface area (Å²) >= 11 is 6.24. The number of halogens is 4. The summed E-state index contributed by atoms with van der Waals surface area (Å²) in [6.45, 7) is 4.79. The molecule has 2 aromatic carbocycles. The van der Waals surface area contributed by atoms with E-state index in [1.54, 1.807) is 0 Å². The number of hydrogen-bond acceptors (Lipinski definition) is 6. The molecule has 3 saturated carbocycles. The Hall–Kier alpha value is -2.67. The third-order valence-corrected chi connectivity index (χ3v) is 10.8. The molecule has 0 aliphatic heterocycles. The Bertz CT molecular complexity index is 1420. The highest BCUT2D eigenvalue weighted by molar-refractivity contribution is 7.92. The largest absolute Gasteiger partial charge is 0.392 e. The van der Waals surface area contributed by atoms with E-state index in [0.717, 1.165) is 6.07 Å². The lowest BCUT2D eigenvalue weighted by Gasteiger charge is -2.63. The van der Waals surface area contributed by atoms with E-state index in [0.29, 0.717) is 12.1 Å². The van der Waals surface area contributed by atoms with Gasteiger partial charge in [0, 0.05) is 36.9 Å². The van der Waals surface area contributed by atoms with Crippen LogP contribution in [0.4, 0.5) is 18.9 Å². The normalized spacial score (nSPS) is 26.5. The predicted octanol–water partition coefficient (Wildman–Crippen LogP) is 3.79. The van der Waals surface area contributed by atoms with Gasteiger partial charge in [0.15, 0.2) is 27.3 Å². The van der Waals surface area contributed by atoms with E-state index in [1.165, 1.54) is 30.9 Å². The van der Waals surface area contributed by atoms with Gasteiger partial charge in [0.25, 0.3) is 5.91 Å². The number of nitrogens with zero attached hydrogens (tertiary/aromatic N) is 1. The van der Waals surface area contributed by atoms with Crippen LogP contribution in [0.1, 0.15) is 44.0 Å². The molecule has 0 saturated heterocycles. The molecule has 0 radical (unpaired) electrons. The molecular formula is C27H30ClF3N2O6S. The molecule has 2 bridgehead atoms. The summed E-state index contributed by atoms with van der Waals surface area (Å²) in [5.41, 5.74) is -1.83. The molecule has 0 aromatic heterocycles. The molecular weight excluding hydrogens is 573 g/mol. The van der Waals surface area contributed by atoms with Crippen LogP contribution in [0, 0.1) is 35.2 Å². The van der Waals surface area contributed by atoms with Crippen LogP contribution < -0.4 is 5.32 Å². The average Bonchev–Trinajstić information content (AvgIpc) is 2.87. The number of aliphatic hydroxyl groups excluding tert-OH is 1. The van der Waals surface area contributed by atoms with E-state index in [9.17, 15) is 41.4 Å². The van der Waals surface area contributed by atoms with E-state index >= 15 is 0 Å². The molecule has 2 unspecified atom stereocenters. The number of aliphatic hydroxyl groups is 2. The first-order valence-electron chi connectivity index (χ1n) is 12.7. The summed E-state index contributed by atoms with van der Waals surface area (Å²) in [7, 11) is -4.09. The maximum Gasteiger partial charge on any atom is 0.255 e. The number of amides is 2. The van der Waals surface area contributed by atoms with Crippen LogP contribution in [0.5, 0.6) is 0 Å². The van der Waals surface area contributed by atoms with Crippen LogP contribution in [0.25, 0.3) is 0 Å². The van der Waals surface area contributed by atoms with Crippen LogP contribution in [0.2, 0.25) is 5.02 Å². The Labute approximate surface area is 235 Å². The fourth-order valence-electron chi connectivity index (χ4n) is 6.14. The minimum absolute atomic E-state index is 0.000826. The quantitative estimate of drug-likeness (QED) is 0.395. The van der Waals surface area contributed by atoms with Gasteiger partial charge < -0.3 is 20.4 Å². The molecule has 8 nitrogen and oxygen atoms in total. The number of sulfone groups is 1. The van der Waals surface area contributed by atoms with Gasteiger partial charge in [-0.1, -0.05) is 18.5 Å². The Balaban J connectivity index is 1.55. The molecule has 0 heterocycles. The summed E-state index contributed by atoms with van der Waals surface area (Å²) in [6.07, 6.45) is -0.610. The van der Waals surface area contributed by atoms with Crippen LogP contribution in [-0.2, 0) is 14.6 Å². The van der Waals surface area contributed by atoms with Crippen molar-refractivity contribution in [3.63, 3.8) is 0 Å². The van der Waals surface area contributed by atoms with Gasteiger partial charge in [0.05, 0.1) is 33.4 Å². The van der Waals surface area contributed by atoms with Gasteiger partial charge in [-0.15, -0.1) is 0 Å². The molecule has 5 rings (SSSR count). The molecule has 3 aliphatic carbocycles. The number of fused-ring (bicyclic) bond motifs is 2. The van der Waals surface area contributed by atoms with Crippen molar-refractivity contribution in [3.05, 3.63) is 58.4 Å². The first-order chi connectivity index (χ1) is 18.6. The minimum Gasteiger partial charge on any atom is -0.392 e. The van der Waals surface area contributed by atoms with Crippen molar-refractivity contribution in [1.29, 1.82) is 0 Å². The Morgan fingerprint density at radius 1 is 1.15 bits per heavy atom. The van der Waals surface area contributed by atoms with E-state index in [4.69, 9.17) is 11.6 Å². The maximum atomic E-state index is 13.7. The zero-order valence-electron chi connectivity index (χ0n) is 22.0. The van der Waals surface area contributed by atoms with Crippen molar-refractivity contribution in [2.75, 3.05) is 18.4 Å². The molecule has 3 fully saturated rings. The lowest BCUT2D eigenvalue weighted by atomic mass is 9.47. The second-order valence-corrected chi connectivity index (χ2v) is 13.4. The second-order valence-electron chi connectivity index (χ2n) is 10.8. The van der Waals surface area contributed by atoms with Gasteiger partial charge in [0.2, 0.25) is 5.91 Å². The lowest BCUT2D eigenvalue weighted by molar-refractivity contribution is -0.225. The maximum absolute atomic E-state index is 13.7. The van der Waals surface area contributed by atoms with Crippen LogP contribution in [0.15, 0.2) is 35.2 Å². The summed E-state index contributed by atoms with van der Waals surface area (Å²) < 4.78 is 67.7. The van der Waals surface area contributed by atoms with Crippen molar-refractivity contribution in [2.24, 2.45) is 17.8 Å². The third kappa shape index (κ3) is 5.46. The van der Waals surface area contributed by atoms with Crippen LogP contribution in [-0.4, -0.2) is 65.4 Å². The SMILES string of the molecule is CC(=O)N(C[C@@H](C)O)C[C@]1(O)C2C[C@H](S(=O)(=O)c3cc(C(=O)Nc4cc(F)c(F)c(F)c4)ccc3Cl)CC1[C@@H]2C. The first kappa shape index (κ1) is 30.3. The smallest absolute Gasteiger partial charge is 0.255 e. The summed E-state index contributed by atoms with van der Waals surface area (Å²) in [6, 6.07) is 4.71. The van der Waals surface area contributed by atoms with E-state index < -0.39 is 62.0 Å². The minimum atomic E-state index is -4.09. The van der Waals surface area contributed by atoms with Gasteiger partial charge in [0.1, 0.15) is 0 Å². The van der Waals surface area contributed by atoms with Crippen LogP contribution >= 0.6 is 11.6 Å². The molecule has 218 valence electrons. The van der Waals surface area contributed by atoms with Gasteiger partial charge in [-0.3, -0.25) is 9.59 Å². The second kappa shape index (κ2) is 11.0. The molecule has 3 aliphatic rings. The molecule has 40 heavy (non-hydrogen) atoms. The summed E-state index contributed by atoms with van der Waals surface area (Å²) in [4.78, 5) is 25.9. The van der Waals surface area contributed by atoms with Crippen molar-refractivity contribution in [2.45, 2.75) is 55.5 Å². The number of carbonyl (C=O) groups excluding carboxylic acids is 2. The van der Waals surface area contributed by atoms with E-state index in [2.05, 4.69) is 5.32 Å². The zero-order chi connectivity index (χ0) is 29.7. The number of nitrogens with one attached hydrogen (secondary N) is 1. The third-order valence-electron chi connectivity index (χ3n) is 8.14. The molecule has 13 heteroatoms. The van der Waals surface area contributed by atoms with Gasteiger partial charge in [-0.2, -0.15) is 0 Å². The molecule has 3 N–H and O–H groups in total. The Morgan fingerprint density at radius 2 is 1.73 bits per heavy atom. The van der Waals surface area contributed by atoms with Crippen molar-refractivity contribution >= 4 is 38.9 Å². The molecule has 3 atom stereocenters.